The maximum Gasteiger partial charge on any atom is 0.338 e. The number of amides is 2. The molecule has 0 saturated carbocycles. The van der Waals surface area contributed by atoms with E-state index < -0.39 is 12.0 Å². The number of benzene rings is 2. The molecule has 0 radical (unpaired) electrons. The Hall–Kier alpha value is -2.86. The molecule has 0 bridgehead atoms. The molecule has 6 heteroatoms. The molecule has 2 amide bonds. The van der Waals surface area contributed by atoms with Crippen molar-refractivity contribution in [1.82, 2.24) is 10.6 Å². The lowest BCUT2D eigenvalue weighted by atomic mass is 9.94. The van der Waals surface area contributed by atoms with E-state index in [1.54, 1.807) is 14.0 Å². The van der Waals surface area contributed by atoms with E-state index in [0.717, 1.165) is 16.3 Å². The van der Waals surface area contributed by atoms with Crippen molar-refractivity contribution < 1.29 is 19.1 Å². The first-order valence-corrected chi connectivity index (χ1v) is 8.03. The number of hydrogen-bond donors (Lipinski definition) is 2. The van der Waals surface area contributed by atoms with Crippen LogP contribution >= 0.6 is 0 Å². The molecular formula is C19H20N2O4. The molecular weight excluding hydrogens is 320 g/mol. The van der Waals surface area contributed by atoms with Crippen molar-refractivity contribution >= 4 is 22.8 Å². The van der Waals surface area contributed by atoms with E-state index in [0.29, 0.717) is 17.9 Å². The summed E-state index contributed by atoms with van der Waals surface area (Å²) in [5, 5.41) is 7.58. The molecule has 1 aliphatic heterocycles. The highest BCUT2D eigenvalue weighted by Crippen LogP contribution is 2.29. The van der Waals surface area contributed by atoms with E-state index in [4.69, 9.17) is 9.47 Å². The Morgan fingerprint density at radius 3 is 2.64 bits per heavy atom. The topological polar surface area (TPSA) is 76.7 Å². The summed E-state index contributed by atoms with van der Waals surface area (Å²) in [5.74, 6) is -0.472. The van der Waals surface area contributed by atoms with Gasteiger partial charge in [0.2, 0.25) is 0 Å². The Morgan fingerprint density at radius 2 is 1.88 bits per heavy atom. The minimum absolute atomic E-state index is 0.157. The van der Waals surface area contributed by atoms with Crippen molar-refractivity contribution in [2.45, 2.75) is 13.0 Å². The average molecular weight is 340 g/mol. The molecule has 1 heterocycles. The maximum atomic E-state index is 12.5. The number of hydrogen-bond acceptors (Lipinski definition) is 4. The van der Waals surface area contributed by atoms with Crippen LogP contribution in [0.1, 0.15) is 18.5 Å². The predicted octanol–water partition coefficient (Wildman–Crippen LogP) is 2.66. The summed E-state index contributed by atoms with van der Waals surface area (Å²) >= 11 is 0. The fourth-order valence-corrected chi connectivity index (χ4v) is 2.90. The third-order valence-corrected chi connectivity index (χ3v) is 4.12. The summed E-state index contributed by atoms with van der Waals surface area (Å²) in [4.78, 5) is 24.4. The third-order valence-electron chi connectivity index (χ3n) is 4.12. The zero-order valence-corrected chi connectivity index (χ0v) is 14.2. The molecule has 0 aliphatic carbocycles. The van der Waals surface area contributed by atoms with Gasteiger partial charge in [-0.25, -0.2) is 9.59 Å². The second-order valence-electron chi connectivity index (χ2n) is 5.81. The van der Waals surface area contributed by atoms with Gasteiger partial charge in [0, 0.05) is 12.8 Å². The standard InChI is InChI=1S/C19H20N2O4/c1-12-16(18(22)25-10-9-24-2)17(21-19(23)20-12)15-8-7-13-5-3-4-6-14(13)11-15/h3-8,11,17H,9-10H2,1-2H3,(H2,20,21,23)/t17-/m0/s1. The smallest absolute Gasteiger partial charge is 0.338 e. The number of nitrogens with one attached hydrogen (secondary N) is 2. The van der Waals surface area contributed by atoms with Gasteiger partial charge in [0.15, 0.2) is 0 Å². The molecule has 2 aromatic carbocycles. The van der Waals surface area contributed by atoms with Crippen LogP contribution in [0.4, 0.5) is 4.79 Å². The van der Waals surface area contributed by atoms with E-state index in [-0.39, 0.29) is 12.6 Å². The van der Waals surface area contributed by atoms with Crippen LogP contribution in [0.2, 0.25) is 0 Å². The van der Waals surface area contributed by atoms with Crippen molar-refractivity contribution in [1.29, 1.82) is 0 Å². The summed E-state index contributed by atoms with van der Waals surface area (Å²) < 4.78 is 10.2. The first-order chi connectivity index (χ1) is 12.1. The molecule has 0 spiro atoms. The summed E-state index contributed by atoms with van der Waals surface area (Å²) in [6, 6.07) is 12.9. The molecule has 0 aromatic heterocycles. The summed E-state index contributed by atoms with van der Waals surface area (Å²) in [7, 11) is 1.54. The normalized spacial score (nSPS) is 17.2. The van der Waals surface area contributed by atoms with E-state index >= 15 is 0 Å². The second kappa shape index (κ2) is 7.36. The van der Waals surface area contributed by atoms with Gasteiger partial charge < -0.3 is 20.1 Å². The second-order valence-corrected chi connectivity index (χ2v) is 5.81. The molecule has 2 aromatic rings. The molecule has 25 heavy (non-hydrogen) atoms. The Morgan fingerprint density at radius 1 is 1.12 bits per heavy atom. The van der Waals surface area contributed by atoms with Crippen LogP contribution in [0.5, 0.6) is 0 Å². The zero-order valence-electron chi connectivity index (χ0n) is 14.2. The van der Waals surface area contributed by atoms with Crippen LogP contribution in [0.3, 0.4) is 0 Å². The predicted molar refractivity (Wildman–Crippen MR) is 93.9 cm³/mol. The van der Waals surface area contributed by atoms with Crippen LogP contribution in [-0.2, 0) is 14.3 Å². The van der Waals surface area contributed by atoms with E-state index in [9.17, 15) is 9.59 Å². The molecule has 0 saturated heterocycles. The maximum absolute atomic E-state index is 12.5. The minimum Gasteiger partial charge on any atom is -0.460 e. The van der Waals surface area contributed by atoms with Gasteiger partial charge in [-0.3, -0.25) is 0 Å². The Kier molecular flexibility index (Phi) is 5.00. The van der Waals surface area contributed by atoms with Gasteiger partial charge in [0.05, 0.1) is 18.2 Å². The lowest BCUT2D eigenvalue weighted by Gasteiger charge is -2.28. The summed E-state index contributed by atoms with van der Waals surface area (Å²) in [6.07, 6.45) is 0. The van der Waals surface area contributed by atoms with Crippen molar-refractivity contribution in [3.05, 3.63) is 59.3 Å². The Labute approximate surface area is 145 Å². The van der Waals surface area contributed by atoms with Crippen molar-refractivity contribution in [2.75, 3.05) is 20.3 Å². The largest absolute Gasteiger partial charge is 0.460 e. The number of fused-ring (bicyclic) bond motifs is 1. The molecule has 6 nitrogen and oxygen atoms in total. The third kappa shape index (κ3) is 3.64. The number of ether oxygens (including phenoxy) is 2. The van der Waals surface area contributed by atoms with Crippen molar-refractivity contribution in [2.24, 2.45) is 0 Å². The molecule has 2 N–H and O–H groups in total. The lowest BCUT2D eigenvalue weighted by molar-refractivity contribution is -0.140. The number of carbonyl (C=O) groups excluding carboxylic acids is 2. The number of rotatable bonds is 5. The number of allylic oxidation sites excluding steroid dienone is 1. The van der Waals surface area contributed by atoms with Crippen LogP contribution in [0.15, 0.2) is 53.7 Å². The van der Waals surface area contributed by atoms with Gasteiger partial charge in [-0.15, -0.1) is 0 Å². The van der Waals surface area contributed by atoms with Crippen molar-refractivity contribution in [3.8, 4) is 0 Å². The number of methoxy groups -OCH3 is 1. The minimum atomic E-state index is -0.562. The molecule has 0 fully saturated rings. The number of carbonyl (C=O) groups is 2. The van der Waals surface area contributed by atoms with Gasteiger partial charge >= 0.3 is 12.0 Å². The Bertz CT molecular complexity index is 844. The zero-order chi connectivity index (χ0) is 17.8. The average Bonchev–Trinajstić information content (AvgIpc) is 2.60. The van der Waals surface area contributed by atoms with Crippen LogP contribution in [0.25, 0.3) is 10.8 Å². The van der Waals surface area contributed by atoms with Crippen molar-refractivity contribution in [3.63, 3.8) is 0 Å². The highest BCUT2D eigenvalue weighted by Gasteiger charge is 2.32. The number of urea groups is 1. The monoisotopic (exact) mass is 340 g/mol. The molecule has 0 unspecified atom stereocenters. The van der Waals surface area contributed by atoms with Crippen LogP contribution in [-0.4, -0.2) is 32.3 Å². The molecule has 1 atom stereocenters. The fraction of sp³-hybridized carbons (Fsp3) is 0.263. The highest BCUT2D eigenvalue weighted by atomic mass is 16.6. The molecule has 3 rings (SSSR count). The van der Waals surface area contributed by atoms with Gasteiger partial charge in [0.25, 0.3) is 0 Å². The van der Waals surface area contributed by atoms with Gasteiger partial charge in [-0.1, -0.05) is 36.4 Å². The summed E-state index contributed by atoms with van der Waals surface area (Å²) in [5.41, 5.74) is 1.71. The van der Waals surface area contributed by atoms with Gasteiger partial charge in [0.1, 0.15) is 6.61 Å². The lowest BCUT2D eigenvalue weighted by Crippen LogP contribution is -2.45. The summed E-state index contributed by atoms with van der Waals surface area (Å²) in [6.45, 7) is 2.17. The van der Waals surface area contributed by atoms with Gasteiger partial charge in [-0.05, 0) is 29.3 Å². The van der Waals surface area contributed by atoms with E-state index in [2.05, 4.69) is 10.6 Å². The Balaban J connectivity index is 1.96. The van der Waals surface area contributed by atoms with Crippen LogP contribution < -0.4 is 10.6 Å². The van der Waals surface area contributed by atoms with Gasteiger partial charge in [-0.2, -0.15) is 0 Å². The highest BCUT2D eigenvalue weighted by molar-refractivity contribution is 5.95. The number of esters is 1. The van der Waals surface area contributed by atoms with E-state index in [1.165, 1.54) is 0 Å². The van der Waals surface area contributed by atoms with E-state index in [1.807, 2.05) is 42.5 Å². The fourth-order valence-electron chi connectivity index (χ4n) is 2.90. The molecule has 1 aliphatic rings. The molecule has 130 valence electrons. The SMILES string of the molecule is COCCOC(=O)C1=C(C)NC(=O)N[C@H]1c1ccc2ccccc2c1. The first-order valence-electron chi connectivity index (χ1n) is 8.03. The van der Waals surface area contributed by atoms with Crippen LogP contribution in [0, 0.1) is 0 Å². The quantitative estimate of drug-likeness (QED) is 0.648. The first kappa shape index (κ1) is 17.0.